The standard InChI is InChI=1S/C11H10.C2H3N/c1-9-5-4-7-10-6-2-3-8-11(9)10;1-2-3/h2-8H,1H3;1H3. The maximum absolute atomic E-state index is 7.32. The Kier molecular flexibility index (Phi) is 3.69. The van der Waals surface area contributed by atoms with Crippen LogP contribution in [0, 0.1) is 18.3 Å². The molecular formula is C13H13N. The Balaban J connectivity index is 0.000000293. The first kappa shape index (κ1) is 10.3. The number of benzene rings is 2. The number of rotatable bonds is 0. The Labute approximate surface area is 84.6 Å². The van der Waals surface area contributed by atoms with Gasteiger partial charge in [0.15, 0.2) is 0 Å². The predicted molar refractivity (Wildman–Crippen MR) is 60.0 cm³/mol. The van der Waals surface area contributed by atoms with Crippen molar-refractivity contribution in [3.8, 4) is 6.07 Å². The van der Waals surface area contributed by atoms with E-state index in [-0.39, 0.29) is 0 Å². The van der Waals surface area contributed by atoms with Crippen LogP contribution in [-0.4, -0.2) is 0 Å². The van der Waals surface area contributed by atoms with Crippen molar-refractivity contribution in [3.63, 3.8) is 0 Å². The molecule has 0 saturated heterocycles. The average Bonchev–Trinajstić information content (AvgIpc) is 2.20. The summed E-state index contributed by atoms with van der Waals surface area (Å²) < 4.78 is 0. The lowest BCUT2D eigenvalue weighted by molar-refractivity contribution is 1.49. The van der Waals surface area contributed by atoms with Crippen LogP contribution in [0.5, 0.6) is 0 Å². The molecule has 0 saturated carbocycles. The van der Waals surface area contributed by atoms with Gasteiger partial charge in [-0.3, -0.25) is 0 Å². The molecule has 2 aromatic rings. The highest BCUT2D eigenvalue weighted by molar-refractivity contribution is 5.85. The van der Waals surface area contributed by atoms with Crippen LogP contribution in [0.2, 0.25) is 0 Å². The van der Waals surface area contributed by atoms with E-state index in [2.05, 4.69) is 49.4 Å². The lowest BCUT2D eigenvalue weighted by atomic mass is 10.1. The van der Waals surface area contributed by atoms with E-state index in [0.29, 0.717) is 0 Å². The normalized spacial score (nSPS) is 8.64. The third-order valence-corrected chi connectivity index (χ3v) is 2.01. The molecule has 0 aliphatic carbocycles. The number of aryl methyl sites for hydroxylation is 1. The summed E-state index contributed by atoms with van der Waals surface area (Å²) in [5, 5.41) is 10.0. The van der Waals surface area contributed by atoms with E-state index >= 15 is 0 Å². The van der Waals surface area contributed by atoms with E-state index in [1.54, 1.807) is 6.07 Å². The van der Waals surface area contributed by atoms with Gasteiger partial charge in [0.2, 0.25) is 0 Å². The van der Waals surface area contributed by atoms with Crippen LogP contribution in [0.15, 0.2) is 42.5 Å². The molecule has 14 heavy (non-hydrogen) atoms. The fraction of sp³-hybridized carbons (Fsp3) is 0.154. The molecular weight excluding hydrogens is 170 g/mol. The summed E-state index contributed by atoms with van der Waals surface area (Å²) in [6.45, 7) is 3.57. The van der Waals surface area contributed by atoms with Gasteiger partial charge in [-0.2, -0.15) is 5.26 Å². The van der Waals surface area contributed by atoms with Gasteiger partial charge in [-0.25, -0.2) is 0 Å². The van der Waals surface area contributed by atoms with E-state index < -0.39 is 0 Å². The molecule has 0 aromatic heterocycles. The summed E-state index contributed by atoms with van der Waals surface area (Å²) in [7, 11) is 0. The number of hydrogen-bond acceptors (Lipinski definition) is 1. The van der Waals surface area contributed by atoms with Gasteiger partial charge in [-0.05, 0) is 23.3 Å². The third kappa shape index (κ3) is 2.34. The molecule has 0 heterocycles. The molecule has 0 atom stereocenters. The van der Waals surface area contributed by atoms with Crippen molar-refractivity contribution >= 4 is 10.8 Å². The van der Waals surface area contributed by atoms with Crippen LogP contribution >= 0.6 is 0 Å². The Morgan fingerprint density at radius 1 is 1.00 bits per heavy atom. The van der Waals surface area contributed by atoms with Crippen LogP contribution in [0.4, 0.5) is 0 Å². The smallest absolute Gasteiger partial charge is 0.0587 e. The van der Waals surface area contributed by atoms with Gasteiger partial charge < -0.3 is 0 Å². The van der Waals surface area contributed by atoms with Crippen molar-refractivity contribution in [2.24, 2.45) is 0 Å². The second-order valence-corrected chi connectivity index (χ2v) is 3.02. The molecule has 0 spiro atoms. The zero-order valence-electron chi connectivity index (χ0n) is 8.49. The van der Waals surface area contributed by atoms with E-state index in [4.69, 9.17) is 5.26 Å². The van der Waals surface area contributed by atoms with Gasteiger partial charge in [-0.15, -0.1) is 0 Å². The van der Waals surface area contributed by atoms with Crippen LogP contribution < -0.4 is 0 Å². The van der Waals surface area contributed by atoms with Gasteiger partial charge in [0.05, 0.1) is 6.07 Å². The van der Waals surface area contributed by atoms with Gasteiger partial charge in [0.25, 0.3) is 0 Å². The zero-order chi connectivity index (χ0) is 10.4. The first-order valence-electron chi connectivity index (χ1n) is 4.54. The molecule has 0 aliphatic heterocycles. The van der Waals surface area contributed by atoms with E-state index in [9.17, 15) is 0 Å². The van der Waals surface area contributed by atoms with Crippen molar-refractivity contribution in [3.05, 3.63) is 48.0 Å². The summed E-state index contributed by atoms with van der Waals surface area (Å²) in [5.41, 5.74) is 1.35. The summed E-state index contributed by atoms with van der Waals surface area (Å²) in [6.07, 6.45) is 0. The molecule has 2 aromatic carbocycles. The molecule has 0 unspecified atom stereocenters. The minimum atomic E-state index is 1.33. The number of hydrogen-bond donors (Lipinski definition) is 0. The van der Waals surface area contributed by atoms with Crippen molar-refractivity contribution in [1.82, 2.24) is 0 Å². The van der Waals surface area contributed by atoms with Crippen molar-refractivity contribution in [2.75, 3.05) is 0 Å². The number of nitrogens with zero attached hydrogens (tertiary/aromatic N) is 1. The van der Waals surface area contributed by atoms with E-state index in [0.717, 1.165) is 0 Å². The summed E-state index contributed by atoms with van der Waals surface area (Å²) in [4.78, 5) is 0. The summed E-state index contributed by atoms with van der Waals surface area (Å²) in [6, 6.07) is 16.6. The fourth-order valence-corrected chi connectivity index (χ4v) is 1.39. The molecule has 70 valence electrons. The lowest BCUT2D eigenvalue weighted by Gasteiger charge is -1.98. The molecule has 0 amide bonds. The van der Waals surface area contributed by atoms with Crippen LogP contribution in [0.3, 0.4) is 0 Å². The molecule has 0 N–H and O–H groups in total. The fourth-order valence-electron chi connectivity index (χ4n) is 1.39. The highest BCUT2D eigenvalue weighted by Crippen LogP contribution is 2.16. The van der Waals surface area contributed by atoms with Crippen molar-refractivity contribution in [2.45, 2.75) is 13.8 Å². The highest BCUT2D eigenvalue weighted by Gasteiger charge is 1.91. The number of fused-ring (bicyclic) bond motifs is 1. The molecule has 0 bridgehead atoms. The second kappa shape index (κ2) is 5.04. The van der Waals surface area contributed by atoms with Crippen molar-refractivity contribution in [1.29, 1.82) is 5.26 Å². The maximum Gasteiger partial charge on any atom is 0.0587 e. The molecule has 0 fully saturated rings. The molecule has 0 radical (unpaired) electrons. The molecule has 0 aliphatic rings. The maximum atomic E-state index is 7.32. The highest BCUT2D eigenvalue weighted by atomic mass is 14.2. The number of nitriles is 1. The molecule has 1 heteroatoms. The molecule has 1 nitrogen and oxygen atoms in total. The Bertz CT molecular complexity index is 447. The van der Waals surface area contributed by atoms with Crippen LogP contribution in [0.1, 0.15) is 12.5 Å². The lowest BCUT2D eigenvalue weighted by Crippen LogP contribution is -1.75. The average molecular weight is 183 g/mol. The van der Waals surface area contributed by atoms with E-state index in [1.807, 2.05) is 0 Å². The minimum absolute atomic E-state index is 1.33. The SMILES string of the molecule is CC#N.Cc1cccc2ccccc12. The summed E-state index contributed by atoms with van der Waals surface area (Å²) >= 11 is 0. The largest absolute Gasteiger partial charge is 0.199 e. The third-order valence-electron chi connectivity index (χ3n) is 2.01. The van der Waals surface area contributed by atoms with Gasteiger partial charge in [-0.1, -0.05) is 42.5 Å². The Morgan fingerprint density at radius 3 is 2.21 bits per heavy atom. The predicted octanol–water partition coefficient (Wildman–Crippen LogP) is 3.68. The first-order chi connectivity index (χ1) is 6.79. The topological polar surface area (TPSA) is 23.8 Å². The van der Waals surface area contributed by atoms with Crippen LogP contribution in [0.25, 0.3) is 10.8 Å². The monoisotopic (exact) mass is 183 g/mol. The summed E-state index contributed by atoms with van der Waals surface area (Å²) in [5.74, 6) is 0. The van der Waals surface area contributed by atoms with Gasteiger partial charge in [0, 0.05) is 6.92 Å². The van der Waals surface area contributed by atoms with Gasteiger partial charge >= 0.3 is 0 Å². The quantitative estimate of drug-likeness (QED) is 0.611. The minimum Gasteiger partial charge on any atom is -0.199 e. The van der Waals surface area contributed by atoms with Crippen molar-refractivity contribution < 1.29 is 0 Å². The molecule has 2 rings (SSSR count). The second-order valence-electron chi connectivity index (χ2n) is 3.02. The van der Waals surface area contributed by atoms with Gasteiger partial charge in [0.1, 0.15) is 0 Å². The zero-order valence-corrected chi connectivity index (χ0v) is 8.49. The van der Waals surface area contributed by atoms with E-state index in [1.165, 1.54) is 23.3 Å². The first-order valence-corrected chi connectivity index (χ1v) is 4.54. The van der Waals surface area contributed by atoms with Crippen LogP contribution in [-0.2, 0) is 0 Å². The Hall–Kier alpha value is -1.81. The Morgan fingerprint density at radius 2 is 1.57 bits per heavy atom.